The minimum absolute atomic E-state index is 0.0874. The zero-order chi connectivity index (χ0) is 23.7. The highest BCUT2D eigenvalue weighted by molar-refractivity contribution is 6.32. The van der Waals surface area contributed by atoms with E-state index < -0.39 is 12.6 Å². The number of carbonyl (C=O) groups is 3. The third-order valence-corrected chi connectivity index (χ3v) is 4.58. The van der Waals surface area contributed by atoms with Crippen LogP contribution in [-0.4, -0.2) is 38.5 Å². The van der Waals surface area contributed by atoms with Gasteiger partial charge in [0.05, 0.1) is 19.2 Å². The number of esters is 1. The molecule has 0 heterocycles. The molecule has 0 aliphatic rings. The number of nitrogens with one attached hydrogen (secondary N) is 1. The number of rotatable bonds is 10. The minimum atomic E-state index is -0.679. The molecule has 2 rings (SSSR count). The Kier molecular flexibility index (Phi) is 9.28. The van der Waals surface area contributed by atoms with Gasteiger partial charge in [-0.2, -0.15) is 0 Å². The first-order valence-corrected chi connectivity index (χ1v) is 10.3. The monoisotopic (exact) mass is 459 g/mol. The number of carbonyl (C=O) groups excluding carboxylic acids is 3. The summed E-state index contributed by atoms with van der Waals surface area (Å²) in [6.07, 6.45) is 3.10. The maximum absolute atomic E-state index is 12.3. The Hall–Kier alpha value is -3.32. The van der Waals surface area contributed by atoms with Gasteiger partial charge >= 0.3 is 5.97 Å². The van der Waals surface area contributed by atoms with Gasteiger partial charge in [0.15, 0.2) is 23.9 Å². The number of anilines is 1. The topological polar surface area (TPSA) is 90.9 Å². The molecule has 0 spiro atoms. The van der Waals surface area contributed by atoms with E-state index in [0.29, 0.717) is 39.8 Å². The van der Waals surface area contributed by atoms with Crippen molar-refractivity contribution in [2.24, 2.45) is 5.92 Å². The highest BCUT2D eigenvalue weighted by Gasteiger charge is 2.12. The molecular formula is C24H26ClNO6. The first kappa shape index (κ1) is 24.9. The fourth-order valence-electron chi connectivity index (χ4n) is 2.79. The van der Waals surface area contributed by atoms with Crippen LogP contribution in [0.5, 0.6) is 11.5 Å². The smallest absolute Gasteiger partial charge is 0.331 e. The molecule has 0 unspecified atom stereocenters. The zero-order valence-corrected chi connectivity index (χ0v) is 19.2. The molecule has 0 atom stereocenters. The summed E-state index contributed by atoms with van der Waals surface area (Å²) in [4.78, 5) is 36.1. The molecule has 1 N–H and O–H groups in total. The predicted octanol–water partition coefficient (Wildman–Crippen LogP) is 4.78. The molecule has 170 valence electrons. The number of ketones is 1. The summed E-state index contributed by atoms with van der Waals surface area (Å²) in [6.45, 7) is 3.51. The van der Waals surface area contributed by atoms with E-state index in [1.807, 2.05) is 13.8 Å². The van der Waals surface area contributed by atoms with E-state index in [-0.39, 0.29) is 17.6 Å². The van der Waals surface area contributed by atoms with Crippen LogP contribution in [-0.2, 0) is 14.3 Å². The van der Waals surface area contributed by atoms with Crippen molar-refractivity contribution in [1.29, 1.82) is 0 Å². The predicted molar refractivity (Wildman–Crippen MR) is 123 cm³/mol. The van der Waals surface area contributed by atoms with Gasteiger partial charge in [0.2, 0.25) is 5.91 Å². The third kappa shape index (κ3) is 7.42. The van der Waals surface area contributed by atoms with E-state index in [4.69, 9.17) is 25.8 Å². The second-order valence-corrected chi connectivity index (χ2v) is 7.73. The normalized spacial score (nSPS) is 10.8. The van der Waals surface area contributed by atoms with Crippen molar-refractivity contribution in [3.63, 3.8) is 0 Å². The SMILES string of the molecule is COc1cc(/C=C/C(=O)OCC(=O)c2ccc(NC(=O)CC(C)C)cc2)cc(Cl)c1OC. The van der Waals surface area contributed by atoms with Crippen molar-refractivity contribution in [2.45, 2.75) is 20.3 Å². The number of halogens is 1. The lowest BCUT2D eigenvalue weighted by Crippen LogP contribution is -2.14. The fourth-order valence-corrected chi connectivity index (χ4v) is 3.09. The number of ether oxygens (including phenoxy) is 3. The van der Waals surface area contributed by atoms with E-state index in [9.17, 15) is 14.4 Å². The average molecular weight is 460 g/mol. The van der Waals surface area contributed by atoms with Gasteiger partial charge in [0.1, 0.15) is 0 Å². The minimum Gasteiger partial charge on any atom is -0.493 e. The van der Waals surface area contributed by atoms with E-state index in [1.165, 1.54) is 26.4 Å². The second-order valence-electron chi connectivity index (χ2n) is 7.33. The summed E-state index contributed by atoms with van der Waals surface area (Å²) in [7, 11) is 2.96. The molecule has 0 radical (unpaired) electrons. The van der Waals surface area contributed by atoms with Crippen LogP contribution in [0.25, 0.3) is 6.08 Å². The van der Waals surface area contributed by atoms with Gasteiger partial charge in [0, 0.05) is 23.7 Å². The van der Waals surface area contributed by atoms with Gasteiger partial charge in [-0.05, 0) is 54.0 Å². The van der Waals surface area contributed by atoms with Gasteiger partial charge in [-0.1, -0.05) is 25.4 Å². The van der Waals surface area contributed by atoms with Crippen molar-refractivity contribution in [2.75, 3.05) is 26.1 Å². The molecule has 2 aromatic rings. The van der Waals surface area contributed by atoms with Crippen LogP contribution in [0.1, 0.15) is 36.2 Å². The van der Waals surface area contributed by atoms with E-state index in [1.54, 1.807) is 36.4 Å². The van der Waals surface area contributed by atoms with Crippen LogP contribution in [0.15, 0.2) is 42.5 Å². The molecule has 1 amide bonds. The summed E-state index contributed by atoms with van der Waals surface area (Å²) < 4.78 is 15.4. The first-order chi connectivity index (χ1) is 15.2. The third-order valence-electron chi connectivity index (χ3n) is 4.30. The Labute approximate surface area is 192 Å². The largest absolute Gasteiger partial charge is 0.493 e. The molecule has 0 saturated heterocycles. The summed E-state index contributed by atoms with van der Waals surface area (Å²) in [5.41, 5.74) is 1.57. The van der Waals surface area contributed by atoms with E-state index in [0.717, 1.165) is 0 Å². The second kappa shape index (κ2) is 11.9. The number of amides is 1. The molecule has 0 aliphatic heterocycles. The molecular weight excluding hydrogens is 434 g/mol. The van der Waals surface area contributed by atoms with Crippen LogP contribution in [0.4, 0.5) is 5.69 Å². The number of benzene rings is 2. The molecule has 32 heavy (non-hydrogen) atoms. The lowest BCUT2D eigenvalue weighted by Gasteiger charge is -2.10. The van der Waals surface area contributed by atoms with Crippen molar-refractivity contribution < 1.29 is 28.6 Å². The van der Waals surface area contributed by atoms with Gasteiger partial charge in [-0.25, -0.2) is 4.79 Å². The molecule has 7 nitrogen and oxygen atoms in total. The number of hydrogen-bond acceptors (Lipinski definition) is 6. The Balaban J connectivity index is 1.91. The molecule has 0 bridgehead atoms. The van der Waals surface area contributed by atoms with Gasteiger partial charge in [0.25, 0.3) is 0 Å². The maximum atomic E-state index is 12.3. The van der Waals surface area contributed by atoms with Crippen molar-refractivity contribution in [3.05, 3.63) is 58.6 Å². The highest BCUT2D eigenvalue weighted by Crippen LogP contribution is 2.36. The van der Waals surface area contributed by atoms with Crippen molar-refractivity contribution >= 4 is 41.0 Å². The van der Waals surface area contributed by atoms with Crippen molar-refractivity contribution in [3.8, 4) is 11.5 Å². The highest BCUT2D eigenvalue weighted by atomic mass is 35.5. The van der Waals surface area contributed by atoms with Crippen LogP contribution in [0, 0.1) is 5.92 Å². The molecule has 8 heteroatoms. The van der Waals surface area contributed by atoms with Gasteiger partial charge < -0.3 is 19.5 Å². The summed E-state index contributed by atoms with van der Waals surface area (Å²) in [6, 6.07) is 9.67. The molecule has 2 aromatic carbocycles. The molecule has 0 saturated carbocycles. The lowest BCUT2D eigenvalue weighted by atomic mass is 10.1. The summed E-state index contributed by atoms with van der Waals surface area (Å²) >= 11 is 6.14. The number of hydrogen-bond donors (Lipinski definition) is 1. The Morgan fingerprint density at radius 3 is 2.34 bits per heavy atom. The molecule has 0 aromatic heterocycles. The van der Waals surface area contributed by atoms with Gasteiger partial charge in [-0.3, -0.25) is 9.59 Å². The van der Waals surface area contributed by atoms with Crippen LogP contribution < -0.4 is 14.8 Å². The van der Waals surface area contributed by atoms with E-state index in [2.05, 4.69) is 5.32 Å². The van der Waals surface area contributed by atoms with Crippen LogP contribution >= 0.6 is 11.6 Å². The van der Waals surface area contributed by atoms with Gasteiger partial charge in [-0.15, -0.1) is 0 Å². The lowest BCUT2D eigenvalue weighted by molar-refractivity contribution is -0.136. The quantitative estimate of drug-likeness (QED) is 0.312. The number of Topliss-reactive ketones (excluding diaryl/α,β-unsaturated/α-hetero) is 1. The van der Waals surface area contributed by atoms with Crippen molar-refractivity contribution in [1.82, 2.24) is 0 Å². The molecule has 0 aliphatic carbocycles. The summed E-state index contributed by atoms with van der Waals surface area (Å²) in [5.74, 6) is -0.0567. The number of methoxy groups -OCH3 is 2. The van der Waals surface area contributed by atoms with Crippen LogP contribution in [0.3, 0.4) is 0 Å². The zero-order valence-electron chi connectivity index (χ0n) is 18.4. The molecule has 0 fully saturated rings. The standard InChI is InChI=1S/C24H26ClNO6/c1-15(2)11-22(28)26-18-8-6-17(7-9-18)20(27)14-32-23(29)10-5-16-12-19(25)24(31-4)21(13-16)30-3/h5-10,12-13,15H,11,14H2,1-4H3,(H,26,28)/b10-5+. The van der Waals surface area contributed by atoms with Crippen LogP contribution in [0.2, 0.25) is 5.02 Å². The Morgan fingerprint density at radius 1 is 1.06 bits per heavy atom. The Morgan fingerprint density at radius 2 is 1.75 bits per heavy atom. The Bertz CT molecular complexity index is 998. The van der Waals surface area contributed by atoms with E-state index >= 15 is 0 Å². The average Bonchev–Trinajstić information content (AvgIpc) is 2.75. The maximum Gasteiger partial charge on any atom is 0.331 e. The first-order valence-electron chi connectivity index (χ1n) is 9.93. The summed E-state index contributed by atoms with van der Waals surface area (Å²) in [5, 5.41) is 3.10. The fraction of sp³-hybridized carbons (Fsp3) is 0.292.